The number of hydrogen-bond acceptors (Lipinski definition) is 17. The number of phenols is 2. The molecule has 3 aromatic rings. The third kappa shape index (κ3) is 7.04. The maximum absolute atomic E-state index is 12.4. The van der Waals surface area contributed by atoms with Crippen LogP contribution in [-0.4, -0.2) is 139 Å². The summed E-state index contributed by atoms with van der Waals surface area (Å²) in [7, 11) is 0. The fourth-order valence-corrected chi connectivity index (χ4v) is 5.46. The van der Waals surface area contributed by atoms with E-state index in [1.807, 2.05) is 0 Å². The second-order valence-corrected chi connectivity index (χ2v) is 11.6. The van der Waals surface area contributed by atoms with Gasteiger partial charge in [-0.2, -0.15) is 0 Å². The summed E-state index contributed by atoms with van der Waals surface area (Å²) in [5, 5.41) is 94.4. The number of phenolic OH excluding ortho intramolecular Hbond substituents is 2. The highest BCUT2D eigenvalue weighted by atomic mass is 16.7. The number of aromatic hydroxyl groups is 2. The minimum Gasteiger partial charge on any atom is -0.508 e. The number of cyclic esters (lactones) is 2. The van der Waals surface area contributed by atoms with Crippen LogP contribution in [0.4, 0.5) is 0 Å². The van der Waals surface area contributed by atoms with E-state index in [-0.39, 0.29) is 34.0 Å². The Morgan fingerprint density at radius 3 is 1.82 bits per heavy atom. The molecule has 5 unspecified atom stereocenters. The van der Waals surface area contributed by atoms with Crippen molar-refractivity contribution in [2.45, 2.75) is 73.9 Å². The van der Waals surface area contributed by atoms with Gasteiger partial charge in [-0.05, 0) is 24.3 Å². The van der Waals surface area contributed by atoms with E-state index < -0.39 is 105 Å². The Morgan fingerprint density at radius 1 is 0.633 bits per heavy atom. The molecule has 9 N–H and O–H groups in total. The van der Waals surface area contributed by atoms with E-state index in [1.165, 1.54) is 36.4 Å². The number of aliphatic hydroxyl groups is 7. The molecule has 0 amide bonds. The number of benzene rings is 2. The first kappa shape index (κ1) is 34.5. The predicted molar refractivity (Wildman–Crippen MR) is 157 cm³/mol. The van der Waals surface area contributed by atoms with E-state index in [9.17, 15) is 55.5 Å². The lowest BCUT2D eigenvalue weighted by atomic mass is 9.99. The molecular weight excluding hydrogens is 660 g/mol. The molecule has 0 aliphatic carbocycles. The van der Waals surface area contributed by atoms with Gasteiger partial charge in [0.1, 0.15) is 84.7 Å². The van der Waals surface area contributed by atoms with E-state index >= 15 is 0 Å². The fraction of sp³-hybridized carbons (Fsp3) is 0.452. The second kappa shape index (κ2) is 13.9. The van der Waals surface area contributed by atoms with Crippen LogP contribution in [-0.2, 0) is 28.5 Å². The van der Waals surface area contributed by atoms with Crippen LogP contribution < -0.4 is 9.47 Å². The molecule has 1 aromatic heterocycles. The Kier molecular flexibility index (Phi) is 9.76. The van der Waals surface area contributed by atoms with Gasteiger partial charge < -0.3 is 74.4 Å². The summed E-state index contributed by atoms with van der Waals surface area (Å²) in [5.41, 5.74) is 0.272. The number of ether oxygens (including phenoxy) is 6. The minimum atomic E-state index is -2.06. The average molecular weight is 694 g/mol. The monoisotopic (exact) mass is 693 g/mol. The molecule has 6 bridgehead atoms. The summed E-state index contributed by atoms with van der Waals surface area (Å²) in [6, 6.07) is 9.21. The van der Waals surface area contributed by atoms with E-state index in [0.29, 0.717) is 5.56 Å². The number of carbonyl (C=O) groups excluding carboxylic acids is 2. The molecule has 11 atom stereocenters. The fourth-order valence-electron chi connectivity index (χ4n) is 5.46. The third-order valence-electron chi connectivity index (χ3n) is 8.18. The first-order valence-electron chi connectivity index (χ1n) is 15.0. The summed E-state index contributed by atoms with van der Waals surface area (Å²) in [5.74, 6) is -3.41. The van der Waals surface area contributed by atoms with Crippen molar-refractivity contribution in [1.82, 2.24) is 0 Å². The van der Waals surface area contributed by atoms with Crippen LogP contribution in [0.2, 0.25) is 0 Å². The molecule has 264 valence electrons. The Bertz CT molecular complexity index is 1680. The molecule has 4 heterocycles. The van der Waals surface area contributed by atoms with Crippen LogP contribution in [0.5, 0.6) is 23.0 Å². The van der Waals surface area contributed by atoms with Crippen molar-refractivity contribution in [1.29, 1.82) is 0 Å². The van der Waals surface area contributed by atoms with E-state index in [1.54, 1.807) is 0 Å². The van der Waals surface area contributed by atoms with Gasteiger partial charge in [0.05, 0.1) is 18.1 Å². The van der Waals surface area contributed by atoms with Crippen LogP contribution in [0.25, 0.3) is 22.3 Å². The van der Waals surface area contributed by atoms with E-state index in [2.05, 4.69) is 0 Å². The average Bonchev–Trinajstić information content (AvgIpc) is 3.07. The van der Waals surface area contributed by atoms with Gasteiger partial charge in [0.15, 0.2) is 6.10 Å². The molecular formula is C31H33O18+. The number of esters is 2. The van der Waals surface area contributed by atoms with Gasteiger partial charge in [-0.1, -0.05) is 0 Å². The smallest absolute Gasteiger partial charge is 0.402 e. The molecule has 0 radical (unpaired) electrons. The van der Waals surface area contributed by atoms with Crippen LogP contribution in [0.3, 0.4) is 0 Å². The van der Waals surface area contributed by atoms with Crippen LogP contribution in [0.15, 0.2) is 46.9 Å². The Hall–Kier alpha value is -4.37. The van der Waals surface area contributed by atoms with Gasteiger partial charge in [-0.15, -0.1) is 0 Å². The number of carbonyl (C=O) groups is 2. The Morgan fingerprint density at radius 2 is 1.20 bits per heavy atom. The molecule has 2 saturated heterocycles. The van der Waals surface area contributed by atoms with Crippen molar-refractivity contribution in [3.63, 3.8) is 0 Å². The van der Waals surface area contributed by atoms with Crippen molar-refractivity contribution in [2.24, 2.45) is 0 Å². The van der Waals surface area contributed by atoms with Gasteiger partial charge in [0.2, 0.25) is 18.3 Å². The van der Waals surface area contributed by atoms with Gasteiger partial charge >= 0.3 is 23.3 Å². The van der Waals surface area contributed by atoms with Crippen molar-refractivity contribution < 1.29 is 88.4 Å². The molecule has 0 spiro atoms. The lowest BCUT2D eigenvalue weighted by molar-refractivity contribution is -0.279. The maximum Gasteiger partial charge on any atom is 0.402 e. The normalized spacial score (nSPS) is 34.3. The van der Waals surface area contributed by atoms with Crippen LogP contribution >= 0.6 is 0 Å². The molecule has 2 fully saturated rings. The van der Waals surface area contributed by atoms with Crippen LogP contribution in [0.1, 0.15) is 6.42 Å². The summed E-state index contributed by atoms with van der Waals surface area (Å²) in [6.07, 6.45) is -20.7. The highest BCUT2D eigenvalue weighted by Gasteiger charge is 2.48. The molecule has 3 aliphatic rings. The minimum absolute atomic E-state index is 0.0386. The van der Waals surface area contributed by atoms with Crippen LogP contribution in [0, 0.1) is 0 Å². The van der Waals surface area contributed by atoms with Gasteiger partial charge in [-0.3, -0.25) is 4.79 Å². The maximum atomic E-state index is 12.4. The molecule has 2 aromatic carbocycles. The van der Waals surface area contributed by atoms with Crippen molar-refractivity contribution >= 4 is 22.9 Å². The number of fused-ring (bicyclic) bond motifs is 5. The van der Waals surface area contributed by atoms with Crippen molar-refractivity contribution in [3.8, 4) is 34.3 Å². The largest absolute Gasteiger partial charge is 0.508 e. The summed E-state index contributed by atoms with van der Waals surface area (Å²) in [6.45, 7) is -1.50. The standard InChI is InChI=1S/C31H32O18/c32-12-3-1-11(2-4-12)28-18-7-14-16(45-28)5-13(33)6-17(14)46-30-26(40)25(39)23(37)20(49-30)10-44-29(42)15(34)8-21(35)43-9-19-22(36)24(38)27(41)31(47-18)48-19/h1-7,15,19-20,22-27,30-31,34,36-41H,8-10H2,(H-,32,33)/p+1/t15?,19-,20-,22-,23-,24?,25?,26-,27?,30?,31-/m1/s1. The zero-order chi connectivity index (χ0) is 35.1. The zero-order valence-electron chi connectivity index (χ0n) is 25.2. The molecule has 3 aliphatic heterocycles. The number of rotatable bonds is 1. The van der Waals surface area contributed by atoms with Gasteiger partial charge in [0.25, 0.3) is 0 Å². The molecule has 18 nitrogen and oxygen atoms in total. The molecule has 49 heavy (non-hydrogen) atoms. The summed E-state index contributed by atoms with van der Waals surface area (Å²) < 4.78 is 39.2. The SMILES string of the molecule is O=C1CC(O)C(=O)OC[C@H]2OC(Oc3cc(O)cc4[o+]c(-c5ccc(O)cc5)c(cc34)O[C@@H]3O[C@H](CO1)[C@@H](O)C(O)C3O)[C@H](O)C(O)[C@@H]2O. The van der Waals surface area contributed by atoms with E-state index in [0.717, 1.165) is 6.07 Å². The second-order valence-electron chi connectivity index (χ2n) is 11.6. The molecule has 18 heteroatoms. The number of hydrogen-bond donors (Lipinski definition) is 9. The Labute approximate surface area is 275 Å². The molecule has 0 saturated carbocycles. The Balaban J connectivity index is 1.46. The first-order valence-corrected chi connectivity index (χ1v) is 15.0. The highest BCUT2D eigenvalue weighted by Crippen LogP contribution is 2.42. The highest BCUT2D eigenvalue weighted by molar-refractivity contribution is 5.89. The lowest BCUT2D eigenvalue weighted by Gasteiger charge is -2.40. The number of aliphatic hydroxyl groups excluding tert-OH is 7. The molecule has 6 rings (SSSR count). The van der Waals surface area contributed by atoms with Gasteiger partial charge in [0, 0.05) is 12.1 Å². The third-order valence-corrected chi connectivity index (χ3v) is 8.18. The van der Waals surface area contributed by atoms with E-state index in [4.69, 9.17) is 32.8 Å². The lowest BCUT2D eigenvalue weighted by Crippen LogP contribution is -2.60. The first-order chi connectivity index (χ1) is 23.3. The quantitative estimate of drug-likeness (QED) is 0.0985. The summed E-state index contributed by atoms with van der Waals surface area (Å²) in [4.78, 5) is 24.8. The zero-order valence-corrected chi connectivity index (χ0v) is 25.2. The topological polar surface area (TPSA) is 283 Å². The summed E-state index contributed by atoms with van der Waals surface area (Å²) >= 11 is 0. The van der Waals surface area contributed by atoms with Crippen molar-refractivity contribution in [2.75, 3.05) is 13.2 Å². The van der Waals surface area contributed by atoms with Crippen molar-refractivity contribution in [3.05, 3.63) is 42.5 Å². The predicted octanol–water partition coefficient (Wildman–Crippen LogP) is -1.98. The van der Waals surface area contributed by atoms with Gasteiger partial charge in [-0.25, -0.2) is 9.21 Å².